The molecule has 0 atom stereocenters. The molecule has 1 aromatic carbocycles. The third-order valence-corrected chi connectivity index (χ3v) is 3.34. The quantitative estimate of drug-likeness (QED) is 0.680. The van der Waals surface area contributed by atoms with Crippen molar-refractivity contribution in [3.05, 3.63) is 48.4 Å². The van der Waals surface area contributed by atoms with Crippen molar-refractivity contribution < 1.29 is 4.74 Å². The van der Waals surface area contributed by atoms with Gasteiger partial charge < -0.3 is 10.1 Å². The summed E-state index contributed by atoms with van der Waals surface area (Å²) >= 11 is 0. The molecule has 0 fully saturated rings. The van der Waals surface area contributed by atoms with Gasteiger partial charge in [-0.2, -0.15) is 5.10 Å². The minimum Gasteiger partial charge on any atom is -0.380 e. The Labute approximate surface area is 134 Å². The van der Waals surface area contributed by atoms with Gasteiger partial charge in [-0.3, -0.25) is 0 Å². The number of aromatic nitrogens is 4. The summed E-state index contributed by atoms with van der Waals surface area (Å²) < 4.78 is 7.07. The fourth-order valence-corrected chi connectivity index (χ4v) is 2.22. The maximum atomic E-state index is 5.32. The highest BCUT2D eigenvalue weighted by Crippen LogP contribution is 2.18. The molecule has 6 nitrogen and oxygen atoms in total. The molecule has 0 saturated heterocycles. The van der Waals surface area contributed by atoms with Crippen LogP contribution in [0.5, 0.6) is 0 Å². The summed E-state index contributed by atoms with van der Waals surface area (Å²) in [4.78, 5) is 8.61. The van der Waals surface area contributed by atoms with Crippen LogP contribution in [-0.2, 0) is 4.74 Å². The maximum Gasteiger partial charge on any atom is 0.167 e. The van der Waals surface area contributed by atoms with E-state index >= 15 is 0 Å². The Morgan fingerprint density at radius 3 is 2.91 bits per heavy atom. The van der Waals surface area contributed by atoms with Crippen LogP contribution in [0, 0.1) is 0 Å². The lowest BCUT2D eigenvalue weighted by Gasteiger charge is -2.06. The van der Waals surface area contributed by atoms with Crippen LogP contribution in [0.2, 0.25) is 0 Å². The molecule has 2 aromatic heterocycles. The van der Waals surface area contributed by atoms with Crippen LogP contribution in [0.15, 0.2) is 42.9 Å². The zero-order valence-corrected chi connectivity index (χ0v) is 13.0. The zero-order valence-electron chi connectivity index (χ0n) is 13.0. The monoisotopic (exact) mass is 309 g/mol. The molecule has 1 N–H and O–H groups in total. The summed E-state index contributed by atoms with van der Waals surface area (Å²) in [5.41, 5.74) is 1.88. The fraction of sp³-hybridized carbons (Fsp3) is 0.235. The Morgan fingerprint density at radius 2 is 2.09 bits per heavy atom. The van der Waals surface area contributed by atoms with Gasteiger partial charge in [-0.25, -0.2) is 14.6 Å². The van der Waals surface area contributed by atoms with Gasteiger partial charge in [0, 0.05) is 19.4 Å². The number of nitrogens with zero attached hydrogens (tertiary/aromatic N) is 4. The zero-order chi connectivity index (χ0) is 15.9. The maximum absolute atomic E-state index is 5.32. The van der Waals surface area contributed by atoms with Crippen LogP contribution in [0.3, 0.4) is 0 Å². The van der Waals surface area contributed by atoms with Crippen molar-refractivity contribution in [1.82, 2.24) is 19.7 Å². The van der Waals surface area contributed by atoms with Gasteiger partial charge in [0.15, 0.2) is 5.65 Å². The fourth-order valence-electron chi connectivity index (χ4n) is 2.22. The van der Waals surface area contributed by atoms with Gasteiger partial charge in [-0.1, -0.05) is 30.3 Å². The van der Waals surface area contributed by atoms with Crippen LogP contribution >= 0.6 is 0 Å². The van der Waals surface area contributed by atoms with Crippen molar-refractivity contribution in [3.8, 4) is 0 Å². The van der Waals surface area contributed by atoms with Crippen molar-refractivity contribution in [2.24, 2.45) is 0 Å². The van der Waals surface area contributed by atoms with E-state index in [0.717, 1.165) is 22.4 Å². The Bertz CT molecular complexity index is 782. The van der Waals surface area contributed by atoms with Gasteiger partial charge in [0.05, 0.1) is 18.2 Å². The number of benzene rings is 1. The molecule has 0 unspecified atom stereocenters. The molecule has 0 aliphatic carbocycles. The topological polar surface area (TPSA) is 64.9 Å². The van der Waals surface area contributed by atoms with E-state index in [1.54, 1.807) is 17.2 Å². The van der Waals surface area contributed by atoms with E-state index in [-0.39, 0.29) is 0 Å². The van der Waals surface area contributed by atoms with Crippen LogP contribution < -0.4 is 5.32 Å². The van der Waals surface area contributed by atoms with E-state index in [1.807, 2.05) is 49.5 Å². The molecular weight excluding hydrogens is 290 g/mol. The lowest BCUT2D eigenvalue weighted by molar-refractivity contribution is 0.158. The number of hydrogen-bond acceptors (Lipinski definition) is 5. The van der Waals surface area contributed by atoms with Crippen molar-refractivity contribution in [3.63, 3.8) is 0 Å². The molecule has 6 heteroatoms. The lowest BCUT2D eigenvalue weighted by Crippen LogP contribution is -2.10. The second kappa shape index (κ2) is 7.51. The van der Waals surface area contributed by atoms with E-state index < -0.39 is 0 Å². The third-order valence-electron chi connectivity index (χ3n) is 3.34. The predicted octanol–water partition coefficient (Wildman–Crippen LogP) is 2.90. The van der Waals surface area contributed by atoms with Gasteiger partial charge in [-0.05, 0) is 18.6 Å². The molecule has 118 valence electrons. The number of hydrogen-bond donors (Lipinski definition) is 1. The van der Waals surface area contributed by atoms with Crippen molar-refractivity contribution >= 4 is 29.1 Å². The molecule has 23 heavy (non-hydrogen) atoms. The van der Waals surface area contributed by atoms with E-state index in [9.17, 15) is 0 Å². The first kappa shape index (κ1) is 15.2. The number of anilines is 1. The van der Waals surface area contributed by atoms with Crippen LogP contribution in [0.25, 0.3) is 23.3 Å². The predicted molar refractivity (Wildman–Crippen MR) is 92.0 cm³/mol. The first-order chi connectivity index (χ1) is 11.4. The largest absolute Gasteiger partial charge is 0.380 e. The van der Waals surface area contributed by atoms with E-state index in [2.05, 4.69) is 20.4 Å². The Kier molecular flexibility index (Phi) is 4.95. The van der Waals surface area contributed by atoms with Gasteiger partial charge in [0.25, 0.3) is 0 Å². The van der Waals surface area contributed by atoms with E-state index in [1.165, 1.54) is 0 Å². The van der Waals surface area contributed by atoms with Crippen molar-refractivity contribution in [1.29, 1.82) is 0 Å². The highest BCUT2D eigenvalue weighted by atomic mass is 16.5. The highest BCUT2D eigenvalue weighted by molar-refractivity contribution is 5.87. The first-order valence-electron chi connectivity index (χ1n) is 7.61. The molecule has 0 radical (unpaired) electrons. The summed E-state index contributed by atoms with van der Waals surface area (Å²) in [6.45, 7) is 4.03. The minimum atomic E-state index is 0.643. The van der Waals surface area contributed by atoms with Crippen LogP contribution in [0.4, 0.5) is 5.82 Å². The summed E-state index contributed by atoms with van der Waals surface area (Å²) in [5.74, 6) is 0.772. The molecule has 0 aliphatic rings. The van der Waals surface area contributed by atoms with Crippen LogP contribution in [0.1, 0.15) is 12.5 Å². The average Bonchev–Trinajstić information content (AvgIpc) is 3.02. The standard InChI is InChI=1S/C17H19N5O/c1-2-23-11-9-18-16-15-12-21-22(17(15)20-13-19-16)10-8-14-6-4-3-5-7-14/h3-8,10,12-13H,2,9,11H2,1H3,(H,18,19,20)/b10-8-. The highest BCUT2D eigenvalue weighted by Gasteiger charge is 2.07. The average molecular weight is 309 g/mol. The second-order valence-electron chi connectivity index (χ2n) is 4.90. The normalized spacial score (nSPS) is 11.3. The number of fused-ring (bicyclic) bond motifs is 1. The Hall–Kier alpha value is -2.73. The second-order valence-corrected chi connectivity index (χ2v) is 4.90. The molecule has 2 heterocycles. The number of ether oxygens (including phenoxy) is 1. The number of nitrogens with one attached hydrogen (secondary N) is 1. The lowest BCUT2D eigenvalue weighted by atomic mass is 10.2. The third kappa shape index (κ3) is 3.73. The Balaban J connectivity index is 1.79. The summed E-state index contributed by atoms with van der Waals surface area (Å²) in [6.07, 6.45) is 7.21. The molecule has 3 rings (SSSR count). The minimum absolute atomic E-state index is 0.643. The van der Waals surface area contributed by atoms with Gasteiger partial charge >= 0.3 is 0 Å². The SMILES string of the molecule is CCOCCNc1ncnc2c1cnn2/C=C\c1ccccc1. The molecule has 0 spiro atoms. The van der Waals surface area contributed by atoms with Gasteiger partial charge in [-0.15, -0.1) is 0 Å². The molecule has 0 aliphatic heterocycles. The number of rotatable bonds is 7. The smallest absolute Gasteiger partial charge is 0.167 e. The molecule has 0 amide bonds. The summed E-state index contributed by atoms with van der Waals surface area (Å²) in [6, 6.07) is 10.1. The Morgan fingerprint density at radius 1 is 1.22 bits per heavy atom. The van der Waals surface area contributed by atoms with Gasteiger partial charge in [0.2, 0.25) is 0 Å². The van der Waals surface area contributed by atoms with Gasteiger partial charge in [0.1, 0.15) is 12.1 Å². The van der Waals surface area contributed by atoms with Crippen molar-refractivity contribution in [2.45, 2.75) is 6.92 Å². The molecular formula is C17H19N5O. The first-order valence-corrected chi connectivity index (χ1v) is 7.61. The van der Waals surface area contributed by atoms with Crippen molar-refractivity contribution in [2.75, 3.05) is 25.1 Å². The molecule has 0 saturated carbocycles. The molecule has 3 aromatic rings. The van der Waals surface area contributed by atoms with E-state index in [4.69, 9.17) is 4.74 Å². The summed E-state index contributed by atoms with van der Waals surface area (Å²) in [7, 11) is 0. The molecule has 0 bridgehead atoms. The van der Waals surface area contributed by atoms with Crippen LogP contribution in [-0.4, -0.2) is 39.5 Å². The summed E-state index contributed by atoms with van der Waals surface area (Å²) in [5, 5.41) is 8.52. The van der Waals surface area contributed by atoms with E-state index in [0.29, 0.717) is 19.8 Å².